The van der Waals surface area contributed by atoms with Crippen LogP contribution in [-0.4, -0.2) is 35.2 Å². The van der Waals surface area contributed by atoms with Crippen LogP contribution in [0.5, 0.6) is 0 Å². The molecule has 0 unspecified atom stereocenters. The molecule has 7 nitrogen and oxygen atoms in total. The van der Waals surface area contributed by atoms with Crippen LogP contribution in [0.1, 0.15) is 19.4 Å². The van der Waals surface area contributed by atoms with Crippen LogP contribution < -0.4 is 10.2 Å². The summed E-state index contributed by atoms with van der Waals surface area (Å²) in [6, 6.07) is 7.87. The Hall–Kier alpha value is -2.74. The summed E-state index contributed by atoms with van der Waals surface area (Å²) < 4.78 is 20.3. The molecule has 0 spiro atoms. The molecule has 1 aromatic heterocycles. The zero-order valence-electron chi connectivity index (χ0n) is 14.7. The van der Waals surface area contributed by atoms with Gasteiger partial charge in [0.2, 0.25) is 5.82 Å². The molecular formula is C18H21FN4O3. The van der Waals surface area contributed by atoms with Crippen molar-refractivity contribution in [3.63, 3.8) is 0 Å². The third-order valence-electron chi connectivity index (χ3n) is 4.22. The molecule has 1 fully saturated rings. The smallest absolute Gasteiger partial charge is 0.311 e. The molecule has 0 amide bonds. The van der Waals surface area contributed by atoms with Crippen LogP contribution in [0, 0.1) is 15.9 Å². The van der Waals surface area contributed by atoms with Crippen LogP contribution in [-0.2, 0) is 11.3 Å². The average molecular weight is 360 g/mol. The topological polar surface area (TPSA) is 80.5 Å². The second-order valence-electron chi connectivity index (χ2n) is 6.43. The van der Waals surface area contributed by atoms with E-state index >= 15 is 0 Å². The number of pyridine rings is 1. The largest absolute Gasteiger partial charge is 0.372 e. The van der Waals surface area contributed by atoms with Crippen molar-refractivity contribution in [1.82, 2.24) is 4.98 Å². The molecule has 1 aliphatic rings. The first-order chi connectivity index (χ1) is 12.4. The van der Waals surface area contributed by atoms with E-state index in [9.17, 15) is 14.5 Å². The first-order valence-electron chi connectivity index (χ1n) is 8.46. The first kappa shape index (κ1) is 18.1. The van der Waals surface area contributed by atoms with Crippen LogP contribution in [0.25, 0.3) is 0 Å². The predicted molar refractivity (Wildman–Crippen MR) is 96.8 cm³/mol. The van der Waals surface area contributed by atoms with E-state index in [4.69, 9.17) is 4.74 Å². The van der Waals surface area contributed by atoms with Crippen molar-refractivity contribution in [2.24, 2.45) is 0 Å². The summed E-state index contributed by atoms with van der Waals surface area (Å²) in [5, 5.41) is 13.9. The average Bonchev–Trinajstić information content (AvgIpc) is 2.59. The fourth-order valence-corrected chi connectivity index (χ4v) is 3.16. The maximum atomic E-state index is 14.6. The van der Waals surface area contributed by atoms with E-state index in [0.29, 0.717) is 24.3 Å². The van der Waals surface area contributed by atoms with Gasteiger partial charge in [0, 0.05) is 31.9 Å². The molecule has 1 aliphatic heterocycles. The maximum absolute atomic E-state index is 14.6. The Labute approximate surface area is 150 Å². The molecule has 2 aromatic rings. The van der Waals surface area contributed by atoms with Crippen LogP contribution in [0.4, 0.5) is 21.6 Å². The van der Waals surface area contributed by atoms with Crippen molar-refractivity contribution in [3.05, 3.63) is 58.0 Å². The van der Waals surface area contributed by atoms with Crippen molar-refractivity contribution >= 4 is 17.2 Å². The minimum absolute atomic E-state index is 0.0456. The first-order valence-corrected chi connectivity index (χ1v) is 8.46. The Balaban J connectivity index is 1.71. The molecular weight excluding hydrogens is 339 g/mol. The minimum Gasteiger partial charge on any atom is -0.372 e. The van der Waals surface area contributed by atoms with E-state index in [1.165, 1.54) is 24.4 Å². The standard InChI is InChI=1S/C18H21FN4O3/c1-12-10-22(11-13(2)26-12)16-6-5-14(8-15(16)19)9-21-18-17(23(24)25)4-3-7-20-18/h3-8,12-13H,9-11H2,1-2H3,(H,20,21)/t12-,13-/m1/s1. The van der Waals surface area contributed by atoms with Gasteiger partial charge in [-0.05, 0) is 37.6 Å². The second-order valence-corrected chi connectivity index (χ2v) is 6.43. The van der Waals surface area contributed by atoms with Gasteiger partial charge in [-0.2, -0.15) is 0 Å². The highest BCUT2D eigenvalue weighted by molar-refractivity contribution is 5.56. The summed E-state index contributed by atoms with van der Waals surface area (Å²) in [7, 11) is 0. The molecule has 0 saturated carbocycles. The summed E-state index contributed by atoms with van der Waals surface area (Å²) in [6.07, 6.45) is 1.56. The number of aromatic nitrogens is 1. The number of morpholine rings is 1. The van der Waals surface area contributed by atoms with E-state index < -0.39 is 4.92 Å². The Kier molecular flexibility index (Phi) is 5.32. The highest BCUT2D eigenvalue weighted by atomic mass is 19.1. The monoisotopic (exact) mass is 360 g/mol. The fraction of sp³-hybridized carbons (Fsp3) is 0.389. The number of benzene rings is 1. The number of hydrogen-bond donors (Lipinski definition) is 1. The number of hydrogen-bond acceptors (Lipinski definition) is 6. The maximum Gasteiger partial charge on any atom is 0.311 e. The number of anilines is 2. The molecule has 0 aliphatic carbocycles. The third kappa shape index (κ3) is 4.08. The normalized spacial score (nSPS) is 20.0. The fourth-order valence-electron chi connectivity index (χ4n) is 3.16. The summed E-state index contributed by atoms with van der Waals surface area (Å²) in [5.74, 6) is -0.154. The minimum atomic E-state index is -0.500. The zero-order chi connectivity index (χ0) is 18.7. The Bertz CT molecular complexity index is 792. The van der Waals surface area contributed by atoms with Crippen molar-refractivity contribution in [2.75, 3.05) is 23.3 Å². The lowest BCUT2D eigenvalue weighted by molar-refractivity contribution is -0.384. The van der Waals surface area contributed by atoms with Gasteiger partial charge in [0.05, 0.1) is 22.8 Å². The number of halogens is 1. The molecule has 2 atom stereocenters. The Morgan fingerprint density at radius 2 is 2.08 bits per heavy atom. The predicted octanol–water partition coefficient (Wildman–Crippen LogP) is 3.35. The van der Waals surface area contributed by atoms with Crippen LogP contribution >= 0.6 is 0 Å². The molecule has 3 rings (SSSR count). The molecule has 1 saturated heterocycles. The quantitative estimate of drug-likeness (QED) is 0.650. The van der Waals surface area contributed by atoms with Gasteiger partial charge in [-0.15, -0.1) is 0 Å². The molecule has 26 heavy (non-hydrogen) atoms. The number of ether oxygens (including phenoxy) is 1. The SMILES string of the molecule is C[C@@H]1CN(c2ccc(CNc3ncccc3[N+](=O)[O-])cc2F)C[C@@H](C)O1. The summed E-state index contributed by atoms with van der Waals surface area (Å²) in [6.45, 7) is 5.46. The van der Waals surface area contributed by atoms with Gasteiger partial charge in [0.15, 0.2) is 0 Å². The lowest BCUT2D eigenvalue weighted by Gasteiger charge is -2.37. The Morgan fingerprint density at radius 1 is 1.35 bits per heavy atom. The summed E-state index contributed by atoms with van der Waals surface area (Å²) in [4.78, 5) is 16.5. The van der Waals surface area contributed by atoms with Gasteiger partial charge >= 0.3 is 5.69 Å². The number of rotatable bonds is 5. The van der Waals surface area contributed by atoms with E-state index in [0.717, 1.165) is 0 Å². The van der Waals surface area contributed by atoms with Gasteiger partial charge in [-0.25, -0.2) is 9.37 Å². The lowest BCUT2D eigenvalue weighted by Crippen LogP contribution is -2.45. The molecule has 1 aromatic carbocycles. The summed E-state index contributed by atoms with van der Waals surface area (Å²) >= 11 is 0. The highest BCUT2D eigenvalue weighted by Crippen LogP contribution is 2.26. The van der Waals surface area contributed by atoms with Crippen LogP contribution in [0.2, 0.25) is 0 Å². The van der Waals surface area contributed by atoms with E-state index in [1.807, 2.05) is 24.8 Å². The number of nitrogens with one attached hydrogen (secondary N) is 1. The van der Waals surface area contributed by atoms with Gasteiger partial charge in [-0.3, -0.25) is 10.1 Å². The van der Waals surface area contributed by atoms with E-state index in [2.05, 4.69) is 10.3 Å². The van der Waals surface area contributed by atoms with Crippen molar-refractivity contribution < 1.29 is 14.1 Å². The van der Waals surface area contributed by atoms with Crippen molar-refractivity contribution in [2.45, 2.75) is 32.6 Å². The Morgan fingerprint density at radius 3 is 2.73 bits per heavy atom. The number of nitro groups is 1. The lowest BCUT2D eigenvalue weighted by atomic mass is 10.1. The van der Waals surface area contributed by atoms with Crippen molar-refractivity contribution in [3.8, 4) is 0 Å². The van der Waals surface area contributed by atoms with Crippen LogP contribution in [0.3, 0.4) is 0 Å². The third-order valence-corrected chi connectivity index (χ3v) is 4.22. The number of nitrogens with zero attached hydrogens (tertiary/aromatic N) is 3. The molecule has 0 bridgehead atoms. The second kappa shape index (κ2) is 7.65. The van der Waals surface area contributed by atoms with E-state index in [-0.39, 0.29) is 36.1 Å². The van der Waals surface area contributed by atoms with E-state index in [1.54, 1.807) is 6.07 Å². The van der Waals surface area contributed by atoms with Gasteiger partial charge in [0.25, 0.3) is 0 Å². The molecule has 0 radical (unpaired) electrons. The zero-order valence-corrected chi connectivity index (χ0v) is 14.7. The van der Waals surface area contributed by atoms with Gasteiger partial charge in [-0.1, -0.05) is 6.07 Å². The molecule has 8 heteroatoms. The molecule has 138 valence electrons. The van der Waals surface area contributed by atoms with Gasteiger partial charge < -0.3 is 15.0 Å². The van der Waals surface area contributed by atoms with Crippen LogP contribution in [0.15, 0.2) is 36.5 Å². The summed E-state index contributed by atoms with van der Waals surface area (Å²) in [5.41, 5.74) is 1.11. The molecule has 1 N–H and O–H groups in total. The molecule has 2 heterocycles. The van der Waals surface area contributed by atoms with Crippen molar-refractivity contribution in [1.29, 1.82) is 0 Å². The highest BCUT2D eigenvalue weighted by Gasteiger charge is 2.24. The van der Waals surface area contributed by atoms with Gasteiger partial charge in [0.1, 0.15) is 5.82 Å².